The molecule has 0 unspecified atom stereocenters. The van der Waals surface area contributed by atoms with Crippen LogP contribution in [-0.4, -0.2) is 30.8 Å². The van der Waals surface area contributed by atoms with Crippen LogP contribution in [0.5, 0.6) is 11.5 Å². The Morgan fingerprint density at radius 2 is 1.87 bits per heavy atom. The predicted molar refractivity (Wildman–Crippen MR) is 87.8 cm³/mol. The van der Waals surface area contributed by atoms with Gasteiger partial charge in [-0.3, -0.25) is 4.79 Å². The Morgan fingerprint density at radius 3 is 2.57 bits per heavy atom. The maximum atomic E-state index is 11.9. The quantitative estimate of drug-likeness (QED) is 0.785. The Bertz CT molecular complexity index is 628. The number of hydrogen-bond acceptors (Lipinski definition) is 4. The summed E-state index contributed by atoms with van der Waals surface area (Å²) in [5.74, 6) is 0.865. The van der Waals surface area contributed by atoms with Gasteiger partial charge in [-0.2, -0.15) is 0 Å². The SMILES string of the molecule is CCOc1cc(C(=O)NCCO)ccc1OCc1ccccc1. The molecule has 0 aliphatic heterocycles. The molecule has 2 N–H and O–H groups in total. The second-order valence-electron chi connectivity index (χ2n) is 4.85. The molecule has 0 aromatic heterocycles. The lowest BCUT2D eigenvalue weighted by atomic mass is 10.2. The van der Waals surface area contributed by atoms with Crippen molar-refractivity contribution in [3.8, 4) is 11.5 Å². The zero-order valence-electron chi connectivity index (χ0n) is 13.1. The summed E-state index contributed by atoms with van der Waals surface area (Å²) in [7, 11) is 0. The van der Waals surface area contributed by atoms with Crippen LogP contribution in [0.25, 0.3) is 0 Å². The standard InChI is InChI=1S/C18H21NO4/c1-2-22-17-12-15(18(21)19-10-11-20)8-9-16(17)23-13-14-6-4-3-5-7-14/h3-9,12,20H,2,10-11,13H2,1H3,(H,19,21). The van der Waals surface area contributed by atoms with Crippen molar-refractivity contribution in [2.45, 2.75) is 13.5 Å². The van der Waals surface area contributed by atoms with Crippen molar-refractivity contribution in [3.63, 3.8) is 0 Å². The highest BCUT2D eigenvalue weighted by Gasteiger charge is 2.11. The summed E-state index contributed by atoms with van der Waals surface area (Å²) >= 11 is 0. The van der Waals surface area contributed by atoms with Gasteiger partial charge in [-0.05, 0) is 30.7 Å². The van der Waals surface area contributed by atoms with Crippen molar-refractivity contribution >= 4 is 5.91 Å². The van der Waals surface area contributed by atoms with Crippen LogP contribution in [0.4, 0.5) is 0 Å². The summed E-state index contributed by atoms with van der Waals surface area (Å²) in [4.78, 5) is 11.9. The van der Waals surface area contributed by atoms with Crippen molar-refractivity contribution in [1.29, 1.82) is 0 Å². The van der Waals surface area contributed by atoms with Crippen molar-refractivity contribution < 1.29 is 19.4 Å². The minimum atomic E-state index is -0.255. The number of amides is 1. The molecule has 2 rings (SSSR count). The third-order valence-corrected chi connectivity index (χ3v) is 3.14. The fourth-order valence-corrected chi connectivity index (χ4v) is 2.04. The lowest BCUT2D eigenvalue weighted by Gasteiger charge is -2.13. The van der Waals surface area contributed by atoms with E-state index in [4.69, 9.17) is 14.6 Å². The molecule has 0 saturated heterocycles. The van der Waals surface area contributed by atoms with E-state index in [0.29, 0.717) is 30.3 Å². The number of carbonyl (C=O) groups is 1. The number of nitrogens with one attached hydrogen (secondary N) is 1. The molecule has 0 aliphatic rings. The number of aliphatic hydroxyl groups excluding tert-OH is 1. The Morgan fingerprint density at radius 1 is 1.09 bits per heavy atom. The van der Waals surface area contributed by atoms with Crippen LogP contribution in [-0.2, 0) is 6.61 Å². The molecule has 0 bridgehead atoms. The predicted octanol–water partition coefficient (Wildman–Crippen LogP) is 2.39. The van der Waals surface area contributed by atoms with Crippen molar-refractivity contribution in [2.24, 2.45) is 0 Å². The summed E-state index contributed by atoms with van der Waals surface area (Å²) in [6.45, 7) is 2.90. The van der Waals surface area contributed by atoms with E-state index in [-0.39, 0.29) is 19.1 Å². The number of hydrogen-bond donors (Lipinski definition) is 2. The van der Waals surface area contributed by atoms with Crippen molar-refractivity contribution in [2.75, 3.05) is 19.8 Å². The molecule has 0 spiro atoms. The van der Waals surface area contributed by atoms with Gasteiger partial charge in [0.1, 0.15) is 6.61 Å². The van der Waals surface area contributed by atoms with E-state index >= 15 is 0 Å². The summed E-state index contributed by atoms with van der Waals surface area (Å²) < 4.78 is 11.4. The lowest BCUT2D eigenvalue weighted by molar-refractivity contribution is 0.0944. The highest BCUT2D eigenvalue weighted by atomic mass is 16.5. The number of ether oxygens (including phenoxy) is 2. The highest BCUT2D eigenvalue weighted by Crippen LogP contribution is 2.29. The molecule has 0 aliphatic carbocycles. The lowest BCUT2D eigenvalue weighted by Crippen LogP contribution is -2.26. The van der Waals surface area contributed by atoms with Gasteiger partial charge in [0.15, 0.2) is 11.5 Å². The van der Waals surface area contributed by atoms with E-state index in [0.717, 1.165) is 5.56 Å². The van der Waals surface area contributed by atoms with Crippen LogP contribution in [0, 0.1) is 0 Å². The Kier molecular flexibility index (Phi) is 6.44. The summed E-state index contributed by atoms with van der Waals surface area (Å²) in [5, 5.41) is 11.4. The Balaban J connectivity index is 2.11. The topological polar surface area (TPSA) is 67.8 Å². The van der Waals surface area contributed by atoms with Gasteiger partial charge in [-0.25, -0.2) is 0 Å². The molecular weight excluding hydrogens is 294 g/mol. The molecule has 0 atom stereocenters. The van der Waals surface area contributed by atoms with E-state index in [9.17, 15) is 4.79 Å². The highest BCUT2D eigenvalue weighted by molar-refractivity contribution is 5.94. The third-order valence-electron chi connectivity index (χ3n) is 3.14. The molecular formula is C18H21NO4. The molecule has 0 saturated carbocycles. The first kappa shape index (κ1) is 16.8. The number of benzene rings is 2. The molecule has 2 aromatic rings. The second kappa shape index (κ2) is 8.80. The molecule has 122 valence electrons. The number of carbonyl (C=O) groups excluding carboxylic acids is 1. The number of rotatable bonds is 8. The minimum absolute atomic E-state index is 0.0949. The fourth-order valence-electron chi connectivity index (χ4n) is 2.04. The van der Waals surface area contributed by atoms with Crippen molar-refractivity contribution in [1.82, 2.24) is 5.32 Å². The monoisotopic (exact) mass is 315 g/mol. The average Bonchev–Trinajstić information content (AvgIpc) is 2.59. The first-order valence-electron chi connectivity index (χ1n) is 7.57. The molecule has 2 aromatic carbocycles. The van der Waals surface area contributed by atoms with E-state index in [1.54, 1.807) is 18.2 Å². The average molecular weight is 315 g/mol. The van der Waals surface area contributed by atoms with E-state index < -0.39 is 0 Å². The molecule has 1 amide bonds. The van der Waals surface area contributed by atoms with E-state index in [1.807, 2.05) is 37.3 Å². The maximum Gasteiger partial charge on any atom is 0.251 e. The first-order chi connectivity index (χ1) is 11.2. The third kappa shape index (κ3) is 5.00. The van der Waals surface area contributed by atoms with Gasteiger partial charge < -0.3 is 19.9 Å². The van der Waals surface area contributed by atoms with Gasteiger partial charge in [0, 0.05) is 12.1 Å². The Hall–Kier alpha value is -2.53. The largest absolute Gasteiger partial charge is 0.490 e. The van der Waals surface area contributed by atoms with Crippen LogP contribution in [0.15, 0.2) is 48.5 Å². The molecule has 0 radical (unpaired) electrons. The van der Waals surface area contributed by atoms with Crippen molar-refractivity contribution in [3.05, 3.63) is 59.7 Å². The van der Waals surface area contributed by atoms with Crippen LogP contribution in [0.1, 0.15) is 22.8 Å². The minimum Gasteiger partial charge on any atom is -0.490 e. The van der Waals surface area contributed by atoms with Gasteiger partial charge in [-0.15, -0.1) is 0 Å². The summed E-state index contributed by atoms with van der Waals surface area (Å²) in [5.41, 5.74) is 1.52. The zero-order valence-corrected chi connectivity index (χ0v) is 13.1. The fraction of sp³-hybridized carbons (Fsp3) is 0.278. The first-order valence-corrected chi connectivity index (χ1v) is 7.57. The van der Waals surface area contributed by atoms with E-state index in [1.165, 1.54) is 0 Å². The van der Waals surface area contributed by atoms with Gasteiger partial charge in [0.05, 0.1) is 13.2 Å². The zero-order chi connectivity index (χ0) is 16.5. The second-order valence-corrected chi connectivity index (χ2v) is 4.85. The van der Waals surface area contributed by atoms with Crippen LogP contribution < -0.4 is 14.8 Å². The summed E-state index contributed by atoms with van der Waals surface area (Å²) in [6, 6.07) is 14.9. The maximum absolute atomic E-state index is 11.9. The van der Waals surface area contributed by atoms with Crippen LogP contribution in [0.2, 0.25) is 0 Å². The molecule has 23 heavy (non-hydrogen) atoms. The molecule has 5 nitrogen and oxygen atoms in total. The van der Waals surface area contributed by atoms with E-state index in [2.05, 4.69) is 5.32 Å². The molecule has 0 heterocycles. The smallest absolute Gasteiger partial charge is 0.251 e. The van der Waals surface area contributed by atoms with Gasteiger partial charge in [-0.1, -0.05) is 30.3 Å². The molecule has 0 fully saturated rings. The van der Waals surface area contributed by atoms with Gasteiger partial charge in [0.25, 0.3) is 5.91 Å². The molecule has 5 heteroatoms. The number of aliphatic hydroxyl groups is 1. The summed E-state index contributed by atoms with van der Waals surface area (Å²) in [6.07, 6.45) is 0. The normalized spacial score (nSPS) is 10.2. The Labute approximate surface area is 135 Å². The van der Waals surface area contributed by atoms with Gasteiger partial charge >= 0.3 is 0 Å². The van der Waals surface area contributed by atoms with Crippen LogP contribution in [0.3, 0.4) is 0 Å². The van der Waals surface area contributed by atoms with Crippen LogP contribution >= 0.6 is 0 Å². The van der Waals surface area contributed by atoms with Gasteiger partial charge in [0.2, 0.25) is 0 Å².